The summed E-state index contributed by atoms with van der Waals surface area (Å²) in [4.78, 5) is 27.0. The highest BCUT2D eigenvalue weighted by Gasteiger charge is 2.19. The van der Waals surface area contributed by atoms with Crippen molar-refractivity contribution >= 4 is 22.6 Å². The zero-order chi connectivity index (χ0) is 20.4. The highest BCUT2D eigenvalue weighted by molar-refractivity contribution is 6.02. The third-order valence-corrected chi connectivity index (χ3v) is 5.20. The van der Waals surface area contributed by atoms with E-state index in [1.54, 1.807) is 29.7 Å². The number of benzene rings is 2. The van der Waals surface area contributed by atoms with Crippen LogP contribution >= 0.6 is 0 Å². The van der Waals surface area contributed by atoms with E-state index in [9.17, 15) is 4.79 Å². The number of hydrogen-bond donors (Lipinski definition) is 1. The van der Waals surface area contributed by atoms with E-state index >= 15 is 0 Å². The number of nitrogen functional groups attached to an aromatic ring is 1. The van der Waals surface area contributed by atoms with Crippen molar-refractivity contribution in [3.05, 3.63) is 84.4 Å². The van der Waals surface area contributed by atoms with Gasteiger partial charge >= 0.3 is 0 Å². The Balaban J connectivity index is 1.67. The summed E-state index contributed by atoms with van der Waals surface area (Å²) < 4.78 is 0. The number of pyridine rings is 1. The Morgan fingerprint density at radius 1 is 1.03 bits per heavy atom. The van der Waals surface area contributed by atoms with Crippen LogP contribution in [0.4, 0.5) is 5.95 Å². The molecule has 0 spiro atoms. The number of aromatic nitrogens is 3. The number of carbonyl (C=O) groups excluding carboxylic acids is 1. The second-order valence-electron chi connectivity index (χ2n) is 6.94. The SMILES string of the molecule is CC(c1ccncc1)N(C)C(=O)c1ccc2c(-c3cnc(N)nc3)cccc2c1. The van der Waals surface area contributed by atoms with Crippen molar-refractivity contribution in [1.29, 1.82) is 0 Å². The van der Waals surface area contributed by atoms with Gasteiger partial charge in [-0.15, -0.1) is 0 Å². The van der Waals surface area contributed by atoms with Gasteiger partial charge in [-0.2, -0.15) is 0 Å². The maximum Gasteiger partial charge on any atom is 0.254 e. The second kappa shape index (κ2) is 7.67. The van der Waals surface area contributed by atoms with Gasteiger partial charge in [0.2, 0.25) is 5.95 Å². The molecule has 29 heavy (non-hydrogen) atoms. The summed E-state index contributed by atoms with van der Waals surface area (Å²) in [7, 11) is 1.82. The molecule has 2 aromatic carbocycles. The lowest BCUT2D eigenvalue weighted by atomic mass is 9.98. The number of rotatable bonds is 4. The Kier molecular flexibility index (Phi) is 4.91. The maximum atomic E-state index is 13.1. The molecular weight excluding hydrogens is 362 g/mol. The van der Waals surface area contributed by atoms with Gasteiger partial charge in [0.25, 0.3) is 5.91 Å². The number of amides is 1. The Labute approximate surface area is 169 Å². The highest BCUT2D eigenvalue weighted by Crippen LogP contribution is 2.29. The van der Waals surface area contributed by atoms with Gasteiger partial charge < -0.3 is 10.6 Å². The van der Waals surface area contributed by atoms with Crippen LogP contribution in [-0.2, 0) is 0 Å². The smallest absolute Gasteiger partial charge is 0.254 e. The number of anilines is 1. The Morgan fingerprint density at radius 2 is 1.76 bits per heavy atom. The molecule has 0 saturated heterocycles. The normalized spacial score (nSPS) is 11.9. The maximum absolute atomic E-state index is 13.1. The topological polar surface area (TPSA) is 85.0 Å². The van der Waals surface area contributed by atoms with Crippen molar-refractivity contribution in [3.8, 4) is 11.1 Å². The number of nitrogens with zero attached hydrogens (tertiary/aromatic N) is 4. The van der Waals surface area contributed by atoms with Crippen LogP contribution < -0.4 is 5.73 Å². The number of hydrogen-bond acceptors (Lipinski definition) is 5. The van der Waals surface area contributed by atoms with Crippen molar-refractivity contribution in [3.63, 3.8) is 0 Å². The van der Waals surface area contributed by atoms with Crippen LogP contribution in [0.25, 0.3) is 21.9 Å². The van der Waals surface area contributed by atoms with E-state index in [0.29, 0.717) is 5.56 Å². The summed E-state index contributed by atoms with van der Waals surface area (Å²) in [6.07, 6.45) is 6.89. The first kappa shape index (κ1) is 18.6. The third-order valence-electron chi connectivity index (χ3n) is 5.20. The zero-order valence-electron chi connectivity index (χ0n) is 16.3. The summed E-state index contributed by atoms with van der Waals surface area (Å²) in [6, 6.07) is 15.5. The van der Waals surface area contributed by atoms with Gasteiger partial charge in [0.1, 0.15) is 0 Å². The number of fused-ring (bicyclic) bond motifs is 1. The molecule has 0 aliphatic heterocycles. The van der Waals surface area contributed by atoms with Crippen LogP contribution in [0.5, 0.6) is 0 Å². The first-order valence-corrected chi connectivity index (χ1v) is 9.32. The first-order chi connectivity index (χ1) is 14.0. The fourth-order valence-corrected chi connectivity index (χ4v) is 3.39. The van der Waals surface area contributed by atoms with Crippen LogP contribution in [0.2, 0.25) is 0 Å². The van der Waals surface area contributed by atoms with Crippen LogP contribution in [0.15, 0.2) is 73.3 Å². The predicted octanol–water partition coefficient (Wildman–Crippen LogP) is 4.11. The van der Waals surface area contributed by atoms with Gasteiger partial charge in [-0.3, -0.25) is 9.78 Å². The standard InChI is InChI=1S/C23H21N5O/c1-15(16-8-10-25-11-9-16)28(2)22(29)18-6-7-21-17(12-18)4-3-5-20(21)19-13-26-23(24)27-14-19/h3-15H,1-2H3,(H2,24,26,27). The fraction of sp³-hybridized carbons (Fsp3) is 0.130. The van der Waals surface area contributed by atoms with E-state index in [1.807, 2.05) is 62.5 Å². The highest BCUT2D eigenvalue weighted by atomic mass is 16.2. The molecular formula is C23H21N5O. The summed E-state index contributed by atoms with van der Waals surface area (Å²) in [5, 5.41) is 2.01. The molecule has 0 aliphatic rings. The quantitative estimate of drug-likeness (QED) is 0.573. The lowest BCUT2D eigenvalue weighted by molar-refractivity contribution is 0.0742. The van der Waals surface area contributed by atoms with Gasteiger partial charge in [-0.1, -0.05) is 24.3 Å². The summed E-state index contributed by atoms with van der Waals surface area (Å²) in [5.41, 5.74) is 9.17. The van der Waals surface area contributed by atoms with Crippen molar-refractivity contribution in [2.24, 2.45) is 0 Å². The van der Waals surface area contributed by atoms with E-state index in [-0.39, 0.29) is 17.9 Å². The summed E-state index contributed by atoms with van der Waals surface area (Å²) in [5.74, 6) is 0.214. The Bertz CT molecular complexity index is 1160. The molecule has 1 unspecified atom stereocenters. The Hall–Kier alpha value is -3.80. The van der Waals surface area contributed by atoms with E-state index in [2.05, 4.69) is 15.0 Å². The van der Waals surface area contributed by atoms with Gasteiger partial charge in [-0.05, 0) is 53.1 Å². The van der Waals surface area contributed by atoms with Crippen molar-refractivity contribution in [2.75, 3.05) is 12.8 Å². The minimum absolute atomic E-state index is 0.0302. The average Bonchev–Trinajstić information content (AvgIpc) is 2.78. The zero-order valence-corrected chi connectivity index (χ0v) is 16.3. The van der Waals surface area contributed by atoms with Gasteiger partial charge in [0, 0.05) is 43.0 Å². The van der Waals surface area contributed by atoms with Crippen molar-refractivity contribution < 1.29 is 4.79 Å². The van der Waals surface area contributed by atoms with Gasteiger partial charge in [0.05, 0.1) is 6.04 Å². The predicted molar refractivity (Wildman–Crippen MR) is 114 cm³/mol. The third kappa shape index (κ3) is 3.65. The molecule has 4 aromatic rings. The first-order valence-electron chi connectivity index (χ1n) is 9.32. The van der Waals surface area contributed by atoms with Crippen LogP contribution in [0.3, 0.4) is 0 Å². The summed E-state index contributed by atoms with van der Waals surface area (Å²) in [6.45, 7) is 2.01. The monoisotopic (exact) mass is 383 g/mol. The molecule has 4 rings (SSSR count). The number of carbonyl (C=O) groups is 1. The second-order valence-corrected chi connectivity index (χ2v) is 6.94. The van der Waals surface area contributed by atoms with Crippen molar-refractivity contribution in [2.45, 2.75) is 13.0 Å². The molecule has 0 radical (unpaired) electrons. The molecule has 0 aliphatic carbocycles. The van der Waals surface area contributed by atoms with Crippen LogP contribution in [0.1, 0.15) is 28.9 Å². The van der Waals surface area contributed by atoms with E-state index in [0.717, 1.165) is 27.5 Å². The Morgan fingerprint density at radius 3 is 2.48 bits per heavy atom. The van der Waals surface area contributed by atoms with Crippen LogP contribution in [-0.4, -0.2) is 32.8 Å². The average molecular weight is 383 g/mol. The molecule has 2 N–H and O–H groups in total. The van der Waals surface area contributed by atoms with E-state index < -0.39 is 0 Å². The van der Waals surface area contributed by atoms with Gasteiger partial charge in [-0.25, -0.2) is 9.97 Å². The lowest BCUT2D eigenvalue weighted by Gasteiger charge is -2.25. The number of nitrogens with two attached hydrogens (primary N) is 1. The fourth-order valence-electron chi connectivity index (χ4n) is 3.39. The molecule has 144 valence electrons. The molecule has 0 fully saturated rings. The molecule has 6 heteroatoms. The van der Waals surface area contributed by atoms with Gasteiger partial charge in [0.15, 0.2) is 0 Å². The summed E-state index contributed by atoms with van der Waals surface area (Å²) >= 11 is 0. The minimum Gasteiger partial charge on any atom is -0.368 e. The molecule has 2 heterocycles. The lowest BCUT2D eigenvalue weighted by Crippen LogP contribution is -2.29. The largest absolute Gasteiger partial charge is 0.368 e. The molecule has 6 nitrogen and oxygen atoms in total. The van der Waals surface area contributed by atoms with E-state index in [1.165, 1.54) is 0 Å². The minimum atomic E-state index is -0.0561. The molecule has 0 saturated carbocycles. The molecule has 0 bridgehead atoms. The van der Waals surface area contributed by atoms with Crippen molar-refractivity contribution in [1.82, 2.24) is 19.9 Å². The van der Waals surface area contributed by atoms with E-state index in [4.69, 9.17) is 5.73 Å². The molecule has 1 atom stereocenters. The molecule has 2 aromatic heterocycles. The molecule has 1 amide bonds. The van der Waals surface area contributed by atoms with Crippen LogP contribution in [0, 0.1) is 0 Å².